The Balaban J connectivity index is 2.07. The highest BCUT2D eigenvalue weighted by Crippen LogP contribution is 2.38. The zero-order valence-electron chi connectivity index (χ0n) is 9.50. The Morgan fingerprint density at radius 3 is 2.36 bits per heavy atom. The van der Waals surface area contributed by atoms with E-state index in [1.807, 2.05) is 6.92 Å². The van der Waals surface area contributed by atoms with Gasteiger partial charge < -0.3 is 5.11 Å². The molecule has 0 aromatic carbocycles. The van der Waals surface area contributed by atoms with Gasteiger partial charge in [0.15, 0.2) is 0 Å². The van der Waals surface area contributed by atoms with Crippen LogP contribution in [0.3, 0.4) is 0 Å². The van der Waals surface area contributed by atoms with Crippen molar-refractivity contribution < 1.29 is 5.11 Å². The molecule has 0 radical (unpaired) electrons. The van der Waals surface area contributed by atoms with Gasteiger partial charge in [0.05, 0.1) is 5.60 Å². The topological polar surface area (TPSA) is 23.5 Å². The lowest BCUT2D eigenvalue weighted by molar-refractivity contribution is -0.0811. The van der Waals surface area contributed by atoms with Crippen molar-refractivity contribution in [1.29, 1.82) is 0 Å². The van der Waals surface area contributed by atoms with E-state index in [0.717, 1.165) is 12.8 Å². The van der Waals surface area contributed by atoms with Gasteiger partial charge >= 0.3 is 0 Å². The number of hydrogen-bond acceptors (Lipinski definition) is 2. The normalized spacial score (nSPS) is 43.9. The van der Waals surface area contributed by atoms with Crippen molar-refractivity contribution >= 4 is 0 Å². The average Bonchev–Trinajstić information content (AvgIpc) is 2.06. The second kappa shape index (κ2) is 3.82. The SMILES string of the molecule is CCCN1[C@@H]2CCC[C@H]1CC(C)(O)C2. The molecule has 2 rings (SSSR count). The Hall–Kier alpha value is -0.0800. The van der Waals surface area contributed by atoms with Gasteiger partial charge in [-0.2, -0.15) is 0 Å². The van der Waals surface area contributed by atoms with Crippen molar-refractivity contribution in [1.82, 2.24) is 4.90 Å². The molecule has 2 nitrogen and oxygen atoms in total. The van der Waals surface area contributed by atoms with E-state index >= 15 is 0 Å². The Morgan fingerprint density at radius 2 is 1.86 bits per heavy atom. The molecule has 0 aliphatic carbocycles. The monoisotopic (exact) mass is 197 g/mol. The van der Waals surface area contributed by atoms with E-state index in [1.165, 1.54) is 32.2 Å². The van der Waals surface area contributed by atoms with Crippen molar-refractivity contribution in [3.63, 3.8) is 0 Å². The number of hydrogen-bond donors (Lipinski definition) is 1. The summed E-state index contributed by atoms with van der Waals surface area (Å²) in [4.78, 5) is 2.65. The first-order chi connectivity index (χ1) is 6.62. The predicted octanol–water partition coefficient (Wildman–Crippen LogP) is 2.16. The van der Waals surface area contributed by atoms with Crippen LogP contribution in [-0.2, 0) is 0 Å². The molecule has 1 N–H and O–H groups in total. The number of nitrogens with zero attached hydrogens (tertiary/aromatic N) is 1. The first-order valence-corrected chi connectivity index (χ1v) is 6.10. The molecule has 2 aliphatic heterocycles. The van der Waals surface area contributed by atoms with Crippen molar-refractivity contribution in [2.45, 2.75) is 70.1 Å². The average molecular weight is 197 g/mol. The third-order valence-corrected chi connectivity index (χ3v) is 3.85. The van der Waals surface area contributed by atoms with Gasteiger partial charge in [-0.25, -0.2) is 0 Å². The summed E-state index contributed by atoms with van der Waals surface area (Å²) < 4.78 is 0. The molecular formula is C12H23NO. The van der Waals surface area contributed by atoms with Crippen LogP contribution in [0.15, 0.2) is 0 Å². The fraction of sp³-hybridized carbons (Fsp3) is 1.00. The van der Waals surface area contributed by atoms with E-state index in [-0.39, 0.29) is 5.60 Å². The first-order valence-electron chi connectivity index (χ1n) is 6.10. The molecule has 82 valence electrons. The van der Waals surface area contributed by atoms with Crippen molar-refractivity contribution in [3.05, 3.63) is 0 Å². The van der Waals surface area contributed by atoms with E-state index in [2.05, 4.69) is 11.8 Å². The van der Waals surface area contributed by atoms with Gasteiger partial charge in [-0.1, -0.05) is 13.3 Å². The molecule has 14 heavy (non-hydrogen) atoms. The maximum Gasteiger partial charge on any atom is 0.0649 e. The smallest absolute Gasteiger partial charge is 0.0649 e. The molecule has 2 heteroatoms. The second-order valence-electron chi connectivity index (χ2n) is 5.38. The molecule has 2 aliphatic rings. The molecule has 1 unspecified atom stereocenters. The zero-order chi connectivity index (χ0) is 10.2. The lowest BCUT2D eigenvalue weighted by atomic mass is 9.76. The van der Waals surface area contributed by atoms with Crippen molar-refractivity contribution in [3.8, 4) is 0 Å². The zero-order valence-corrected chi connectivity index (χ0v) is 9.50. The standard InChI is InChI=1S/C12H23NO/c1-3-7-13-10-5-4-6-11(13)9-12(2,14)8-10/h10-11,14H,3-9H2,1-2H3/t10-,11+,12?. The molecule has 0 aromatic rings. The predicted molar refractivity (Wildman–Crippen MR) is 58.3 cm³/mol. The molecule has 2 fully saturated rings. The molecule has 0 aromatic heterocycles. The van der Waals surface area contributed by atoms with Crippen LogP contribution in [0.2, 0.25) is 0 Å². The summed E-state index contributed by atoms with van der Waals surface area (Å²) in [5.74, 6) is 0. The molecule has 3 atom stereocenters. The highest BCUT2D eigenvalue weighted by atomic mass is 16.3. The van der Waals surface area contributed by atoms with Gasteiger partial charge in [-0.05, 0) is 45.6 Å². The number of rotatable bonds is 2. The summed E-state index contributed by atoms with van der Waals surface area (Å²) >= 11 is 0. The quantitative estimate of drug-likeness (QED) is 0.733. The maximum atomic E-state index is 10.1. The number of piperidine rings is 2. The van der Waals surface area contributed by atoms with Gasteiger partial charge in [0, 0.05) is 12.1 Å². The fourth-order valence-corrected chi connectivity index (χ4v) is 3.38. The minimum atomic E-state index is -0.389. The largest absolute Gasteiger partial charge is 0.390 e. The minimum absolute atomic E-state index is 0.389. The summed E-state index contributed by atoms with van der Waals surface area (Å²) in [6.07, 6.45) is 7.19. The Kier molecular flexibility index (Phi) is 2.85. The van der Waals surface area contributed by atoms with E-state index < -0.39 is 0 Å². The molecule has 0 amide bonds. The fourth-order valence-electron chi connectivity index (χ4n) is 3.38. The molecule has 0 spiro atoms. The lowest BCUT2D eigenvalue weighted by Gasteiger charge is -2.51. The third kappa shape index (κ3) is 1.96. The highest BCUT2D eigenvalue weighted by molar-refractivity contribution is 4.97. The van der Waals surface area contributed by atoms with Crippen LogP contribution >= 0.6 is 0 Å². The van der Waals surface area contributed by atoms with Crippen LogP contribution in [0.5, 0.6) is 0 Å². The van der Waals surface area contributed by atoms with Crippen molar-refractivity contribution in [2.75, 3.05) is 6.54 Å². The Bertz CT molecular complexity index is 186. The van der Waals surface area contributed by atoms with Gasteiger partial charge in [0.25, 0.3) is 0 Å². The van der Waals surface area contributed by atoms with Crippen LogP contribution < -0.4 is 0 Å². The second-order valence-corrected chi connectivity index (χ2v) is 5.38. The van der Waals surface area contributed by atoms with E-state index in [0.29, 0.717) is 12.1 Å². The van der Waals surface area contributed by atoms with Crippen LogP contribution in [-0.4, -0.2) is 34.2 Å². The maximum absolute atomic E-state index is 10.1. The molecular weight excluding hydrogens is 174 g/mol. The van der Waals surface area contributed by atoms with Crippen LogP contribution in [0.25, 0.3) is 0 Å². The lowest BCUT2D eigenvalue weighted by Crippen LogP contribution is -2.57. The van der Waals surface area contributed by atoms with Gasteiger partial charge in [0.1, 0.15) is 0 Å². The summed E-state index contributed by atoms with van der Waals surface area (Å²) in [6, 6.07) is 1.33. The summed E-state index contributed by atoms with van der Waals surface area (Å²) in [6.45, 7) is 5.50. The van der Waals surface area contributed by atoms with Crippen LogP contribution in [0, 0.1) is 0 Å². The van der Waals surface area contributed by atoms with Gasteiger partial charge in [-0.3, -0.25) is 4.90 Å². The molecule has 2 saturated heterocycles. The summed E-state index contributed by atoms with van der Waals surface area (Å²) in [7, 11) is 0. The third-order valence-electron chi connectivity index (χ3n) is 3.85. The van der Waals surface area contributed by atoms with E-state index in [1.54, 1.807) is 0 Å². The van der Waals surface area contributed by atoms with Gasteiger partial charge in [-0.15, -0.1) is 0 Å². The molecule has 0 saturated carbocycles. The Labute approximate surface area is 87.3 Å². The van der Waals surface area contributed by atoms with Crippen molar-refractivity contribution in [2.24, 2.45) is 0 Å². The Morgan fingerprint density at radius 1 is 1.29 bits per heavy atom. The summed E-state index contributed by atoms with van der Waals surface area (Å²) in [5.41, 5.74) is -0.389. The van der Waals surface area contributed by atoms with E-state index in [9.17, 15) is 5.11 Å². The summed E-state index contributed by atoms with van der Waals surface area (Å²) in [5, 5.41) is 10.1. The van der Waals surface area contributed by atoms with Crippen LogP contribution in [0.4, 0.5) is 0 Å². The van der Waals surface area contributed by atoms with E-state index in [4.69, 9.17) is 0 Å². The van der Waals surface area contributed by atoms with Gasteiger partial charge in [0.2, 0.25) is 0 Å². The number of fused-ring (bicyclic) bond motifs is 2. The number of aliphatic hydroxyl groups is 1. The highest BCUT2D eigenvalue weighted by Gasteiger charge is 2.42. The van der Waals surface area contributed by atoms with Crippen LogP contribution in [0.1, 0.15) is 52.4 Å². The molecule has 2 bridgehead atoms. The minimum Gasteiger partial charge on any atom is -0.390 e. The molecule has 2 heterocycles. The first kappa shape index (κ1) is 10.4.